The minimum atomic E-state index is -0.661. The molecule has 2 aromatic rings. The molecule has 0 unspecified atom stereocenters. The number of ketones is 2. The van der Waals surface area contributed by atoms with E-state index < -0.39 is 11.7 Å². The maximum Gasteiger partial charge on any atom is 0.299 e. The summed E-state index contributed by atoms with van der Waals surface area (Å²) in [4.78, 5) is 37.9. The van der Waals surface area contributed by atoms with Gasteiger partial charge in [0.05, 0.1) is 27.0 Å². The Bertz CT molecular complexity index is 781. The Hall–Kier alpha value is -1.98. The SMILES string of the molecule is Cc1ccc2c(c1)C(=O)C(=O)N2CC(=O)c1ccc(Cl)s1. The van der Waals surface area contributed by atoms with E-state index >= 15 is 0 Å². The molecular weight excluding hydrogens is 310 g/mol. The molecule has 3 rings (SSSR count). The lowest BCUT2D eigenvalue weighted by Gasteiger charge is -2.15. The van der Waals surface area contributed by atoms with Crippen LogP contribution >= 0.6 is 22.9 Å². The molecule has 1 amide bonds. The van der Waals surface area contributed by atoms with Gasteiger partial charge in [-0.2, -0.15) is 0 Å². The molecule has 0 N–H and O–H groups in total. The molecule has 0 spiro atoms. The molecular formula is C15H10ClNO3S. The summed E-state index contributed by atoms with van der Waals surface area (Å²) >= 11 is 6.96. The molecule has 6 heteroatoms. The highest BCUT2D eigenvalue weighted by atomic mass is 35.5. The summed E-state index contributed by atoms with van der Waals surface area (Å²) < 4.78 is 0.512. The molecule has 0 atom stereocenters. The lowest BCUT2D eigenvalue weighted by molar-refractivity contribution is -0.114. The molecule has 1 aromatic heterocycles. The van der Waals surface area contributed by atoms with E-state index in [9.17, 15) is 14.4 Å². The van der Waals surface area contributed by atoms with Crippen molar-refractivity contribution in [3.63, 3.8) is 0 Å². The first kappa shape index (κ1) is 14.0. The average molecular weight is 320 g/mol. The first-order valence-electron chi connectivity index (χ1n) is 6.23. The Kier molecular flexibility index (Phi) is 3.39. The Labute approximate surface area is 129 Å². The lowest BCUT2D eigenvalue weighted by Crippen LogP contribution is -2.34. The van der Waals surface area contributed by atoms with Gasteiger partial charge in [0.25, 0.3) is 11.7 Å². The van der Waals surface area contributed by atoms with Gasteiger partial charge in [0.1, 0.15) is 0 Å². The van der Waals surface area contributed by atoms with Crippen molar-refractivity contribution in [1.82, 2.24) is 0 Å². The predicted molar refractivity (Wildman–Crippen MR) is 81.5 cm³/mol. The van der Waals surface area contributed by atoms with Gasteiger partial charge in [-0.15, -0.1) is 11.3 Å². The van der Waals surface area contributed by atoms with Gasteiger partial charge in [0.2, 0.25) is 0 Å². The third-order valence-electron chi connectivity index (χ3n) is 3.28. The number of rotatable bonds is 3. The Balaban J connectivity index is 1.92. The number of fused-ring (bicyclic) bond motifs is 1. The van der Waals surface area contributed by atoms with Crippen LogP contribution in [0.5, 0.6) is 0 Å². The van der Waals surface area contributed by atoms with Crippen LogP contribution < -0.4 is 4.90 Å². The van der Waals surface area contributed by atoms with Gasteiger partial charge in [-0.1, -0.05) is 23.2 Å². The van der Waals surface area contributed by atoms with E-state index in [1.165, 1.54) is 4.90 Å². The maximum atomic E-state index is 12.2. The van der Waals surface area contributed by atoms with Crippen LogP contribution in [0.3, 0.4) is 0 Å². The number of nitrogens with zero attached hydrogens (tertiary/aromatic N) is 1. The molecule has 0 radical (unpaired) electrons. The van der Waals surface area contributed by atoms with E-state index in [4.69, 9.17) is 11.6 Å². The minimum absolute atomic E-state index is 0.155. The minimum Gasteiger partial charge on any atom is -0.297 e. The quantitative estimate of drug-likeness (QED) is 0.645. The zero-order valence-electron chi connectivity index (χ0n) is 11.1. The lowest BCUT2D eigenvalue weighted by atomic mass is 10.1. The Morgan fingerprint density at radius 3 is 2.67 bits per heavy atom. The summed E-state index contributed by atoms with van der Waals surface area (Å²) in [5, 5.41) is 0. The van der Waals surface area contributed by atoms with Crippen molar-refractivity contribution in [2.75, 3.05) is 11.4 Å². The summed E-state index contributed by atoms with van der Waals surface area (Å²) in [5.74, 6) is -1.46. The normalized spacial score (nSPS) is 13.7. The highest BCUT2D eigenvalue weighted by molar-refractivity contribution is 7.18. The second-order valence-corrected chi connectivity index (χ2v) is 6.48. The van der Waals surface area contributed by atoms with E-state index in [1.807, 2.05) is 13.0 Å². The van der Waals surface area contributed by atoms with Crippen molar-refractivity contribution in [1.29, 1.82) is 0 Å². The molecule has 4 nitrogen and oxygen atoms in total. The molecule has 0 saturated heterocycles. The molecule has 2 heterocycles. The number of Topliss-reactive ketones (excluding diaryl/α,β-unsaturated/α-hetero) is 2. The molecule has 106 valence electrons. The van der Waals surface area contributed by atoms with E-state index in [-0.39, 0.29) is 12.3 Å². The second kappa shape index (κ2) is 5.09. The first-order chi connectivity index (χ1) is 9.97. The highest BCUT2D eigenvalue weighted by Gasteiger charge is 2.36. The molecule has 1 aliphatic heterocycles. The first-order valence-corrected chi connectivity index (χ1v) is 7.42. The number of anilines is 1. The van der Waals surface area contributed by atoms with Gasteiger partial charge in [0.15, 0.2) is 5.78 Å². The summed E-state index contributed by atoms with van der Waals surface area (Å²) in [6.07, 6.45) is 0. The van der Waals surface area contributed by atoms with Crippen molar-refractivity contribution >= 4 is 46.1 Å². The molecule has 1 aromatic carbocycles. The van der Waals surface area contributed by atoms with Crippen LogP contribution in [0.25, 0.3) is 0 Å². The fraction of sp³-hybridized carbons (Fsp3) is 0.133. The summed E-state index contributed by atoms with van der Waals surface area (Å²) in [6.45, 7) is 1.69. The van der Waals surface area contributed by atoms with E-state index in [1.54, 1.807) is 24.3 Å². The van der Waals surface area contributed by atoms with Gasteiger partial charge in [0, 0.05) is 0 Å². The zero-order chi connectivity index (χ0) is 15.1. The van der Waals surface area contributed by atoms with Crippen molar-refractivity contribution < 1.29 is 14.4 Å². The van der Waals surface area contributed by atoms with Gasteiger partial charge < -0.3 is 0 Å². The number of aryl methyl sites for hydroxylation is 1. The molecule has 1 aliphatic rings. The number of amides is 1. The molecule has 0 bridgehead atoms. The third-order valence-corrected chi connectivity index (χ3v) is 4.55. The Morgan fingerprint density at radius 2 is 2.00 bits per heavy atom. The third kappa shape index (κ3) is 2.39. The van der Waals surface area contributed by atoms with Crippen molar-refractivity contribution in [2.45, 2.75) is 6.92 Å². The number of halogens is 1. The number of carbonyl (C=O) groups excluding carboxylic acids is 3. The van der Waals surface area contributed by atoms with E-state index in [0.29, 0.717) is 20.5 Å². The molecule has 0 fully saturated rings. The fourth-order valence-electron chi connectivity index (χ4n) is 2.26. The number of hydrogen-bond acceptors (Lipinski definition) is 4. The maximum absolute atomic E-state index is 12.2. The average Bonchev–Trinajstić information content (AvgIpc) is 2.97. The van der Waals surface area contributed by atoms with Crippen LogP contribution in [-0.2, 0) is 4.79 Å². The van der Waals surface area contributed by atoms with Gasteiger partial charge in [-0.3, -0.25) is 19.3 Å². The van der Waals surface area contributed by atoms with Gasteiger partial charge in [-0.25, -0.2) is 0 Å². The number of benzene rings is 1. The van der Waals surface area contributed by atoms with Gasteiger partial charge in [-0.05, 0) is 31.2 Å². The van der Waals surface area contributed by atoms with Crippen molar-refractivity contribution in [3.05, 3.63) is 50.7 Å². The van der Waals surface area contributed by atoms with Crippen LogP contribution in [0, 0.1) is 6.92 Å². The summed E-state index contributed by atoms with van der Waals surface area (Å²) in [6, 6.07) is 8.43. The highest BCUT2D eigenvalue weighted by Crippen LogP contribution is 2.30. The van der Waals surface area contributed by atoms with E-state index in [0.717, 1.165) is 16.9 Å². The predicted octanol–water partition coefficient (Wildman–Crippen LogP) is 3.12. The van der Waals surface area contributed by atoms with E-state index in [2.05, 4.69) is 0 Å². The van der Waals surface area contributed by atoms with Crippen molar-refractivity contribution in [3.8, 4) is 0 Å². The fourth-order valence-corrected chi connectivity index (χ4v) is 3.23. The standard InChI is InChI=1S/C15H10ClNO3S/c1-8-2-3-10-9(6-8)14(19)15(20)17(10)7-11(18)12-4-5-13(16)21-12/h2-6H,7H2,1H3. The number of thiophene rings is 1. The monoisotopic (exact) mass is 319 g/mol. The summed E-state index contributed by atoms with van der Waals surface area (Å²) in [5.41, 5.74) is 1.75. The van der Waals surface area contributed by atoms with Crippen molar-refractivity contribution in [2.24, 2.45) is 0 Å². The van der Waals surface area contributed by atoms with Crippen LogP contribution in [0.1, 0.15) is 25.6 Å². The van der Waals surface area contributed by atoms with Crippen LogP contribution in [0.4, 0.5) is 5.69 Å². The van der Waals surface area contributed by atoms with Crippen LogP contribution in [0.15, 0.2) is 30.3 Å². The zero-order valence-corrected chi connectivity index (χ0v) is 12.6. The largest absolute Gasteiger partial charge is 0.299 e. The van der Waals surface area contributed by atoms with Crippen LogP contribution in [-0.4, -0.2) is 24.0 Å². The topological polar surface area (TPSA) is 54.5 Å². The number of carbonyl (C=O) groups is 3. The molecule has 0 aliphatic carbocycles. The smallest absolute Gasteiger partial charge is 0.297 e. The van der Waals surface area contributed by atoms with Crippen LogP contribution in [0.2, 0.25) is 4.34 Å². The Morgan fingerprint density at radius 1 is 1.24 bits per heavy atom. The number of hydrogen-bond donors (Lipinski definition) is 0. The van der Waals surface area contributed by atoms with Gasteiger partial charge >= 0.3 is 0 Å². The molecule has 21 heavy (non-hydrogen) atoms. The summed E-state index contributed by atoms with van der Waals surface area (Å²) in [7, 11) is 0. The molecule has 0 saturated carbocycles. The second-order valence-electron chi connectivity index (χ2n) is 4.77.